The summed E-state index contributed by atoms with van der Waals surface area (Å²) in [4.78, 5) is 0. The van der Waals surface area contributed by atoms with E-state index in [0.29, 0.717) is 12.5 Å². The minimum atomic E-state index is -0.633. The Hall–Kier alpha value is -2.14. The summed E-state index contributed by atoms with van der Waals surface area (Å²) in [5.41, 5.74) is 1.34. The number of terminal acetylenes is 1. The smallest absolute Gasteiger partial charge is 0.0704 e. The van der Waals surface area contributed by atoms with E-state index in [9.17, 15) is 0 Å². The van der Waals surface area contributed by atoms with Crippen LogP contribution in [0.25, 0.3) is 0 Å². The Morgan fingerprint density at radius 3 is 2.32 bits per heavy atom. The summed E-state index contributed by atoms with van der Waals surface area (Å²) in [6.07, 6.45) is 8.80. The first-order valence-electron chi connectivity index (χ1n) is 9.88. The third kappa shape index (κ3) is 5.02. The molecule has 146 valence electrons. The van der Waals surface area contributed by atoms with Crippen LogP contribution in [0.15, 0.2) is 65.8 Å². The van der Waals surface area contributed by atoms with E-state index in [2.05, 4.69) is 78.5 Å². The van der Waals surface area contributed by atoms with Crippen molar-refractivity contribution < 1.29 is 4.74 Å². The zero-order valence-corrected chi connectivity index (χ0v) is 17.7. The van der Waals surface area contributed by atoms with Crippen molar-refractivity contribution in [3.8, 4) is 12.3 Å². The van der Waals surface area contributed by atoms with Gasteiger partial charge in [-0.3, -0.25) is 5.01 Å². The molecule has 1 aliphatic rings. The zero-order chi connectivity index (χ0) is 19.8. The quantitative estimate of drug-likeness (QED) is 0.385. The van der Waals surface area contributed by atoms with Crippen molar-refractivity contribution in [2.45, 2.75) is 37.9 Å². The summed E-state index contributed by atoms with van der Waals surface area (Å²) >= 11 is 0. The Kier molecular flexibility index (Phi) is 7.66. The third-order valence-electron chi connectivity index (χ3n) is 5.17. The first-order chi connectivity index (χ1) is 13.7. The number of hydrogen-bond donors (Lipinski definition) is 0. The maximum atomic E-state index is 5.82. The Bertz CT molecular complexity index is 761. The number of rotatable bonds is 8. The van der Waals surface area contributed by atoms with Crippen LogP contribution in [-0.4, -0.2) is 42.7 Å². The summed E-state index contributed by atoms with van der Waals surface area (Å²) in [6.45, 7) is 3.86. The molecular formula is C24H29N2OP. The third-order valence-corrected chi connectivity index (χ3v) is 8.05. The molecule has 3 rings (SSSR count). The van der Waals surface area contributed by atoms with Crippen LogP contribution in [0.3, 0.4) is 0 Å². The molecule has 2 atom stereocenters. The number of hydrazone groups is 1. The van der Waals surface area contributed by atoms with Gasteiger partial charge < -0.3 is 4.74 Å². The van der Waals surface area contributed by atoms with Gasteiger partial charge in [0.25, 0.3) is 0 Å². The van der Waals surface area contributed by atoms with Gasteiger partial charge in [0.1, 0.15) is 0 Å². The molecule has 3 nitrogen and oxygen atoms in total. The van der Waals surface area contributed by atoms with Crippen LogP contribution >= 0.6 is 7.92 Å². The second-order valence-electron chi connectivity index (χ2n) is 7.12. The average molecular weight is 392 g/mol. The number of hydrogen-bond acceptors (Lipinski definition) is 3. The molecule has 1 unspecified atom stereocenters. The van der Waals surface area contributed by atoms with Crippen LogP contribution < -0.4 is 10.6 Å². The maximum Gasteiger partial charge on any atom is 0.0704 e. The molecule has 1 aliphatic heterocycles. The fraction of sp³-hybridized carbons (Fsp3) is 0.375. The molecule has 2 aromatic carbocycles. The van der Waals surface area contributed by atoms with E-state index in [1.807, 2.05) is 0 Å². The highest BCUT2D eigenvalue weighted by atomic mass is 31.1. The Labute approximate surface area is 170 Å². The standard InChI is InChI=1S/C24H29N2OP/c1-4-12-24(20(2)25-26-18-11-13-21(26)19-27-3)28(22-14-7-5-8-15-22)23-16-9-6-10-17-23/h1,5-10,14-17,21,24H,11-13,18-19H2,2-3H3/b25-20+/t21-,24?/m0/s1. The lowest BCUT2D eigenvalue weighted by Gasteiger charge is -2.29. The summed E-state index contributed by atoms with van der Waals surface area (Å²) in [5.74, 6) is 2.92. The summed E-state index contributed by atoms with van der Waals surface area (Å²) < 4.78 is 5.39. The fourth-order valence-corrected chi connectivity index (χ4v) is 6.52. The van der Waals surface area contributed by atoms with E-state index >= 15 is 0 Å². The van der Waals surface area contributed by atoms with Gasteiger partial charge in [-0.1, -0.05) is 60.7 Å². The molecular weight excluding hydrogens is 363 g/mol. The van der Waals surface area contributed by atoms with Gasteiger partial charge in [0.05, 0.1) is 12.6 Å². The molecule has 1 fully saturated rings. The molecule has 1 heterocycles. The van der Waals surface area contributed by atoms with E-state index in [0.717, 1.165) is 31.7 Å². The van der Waals surface area contributed by atoms with Gasteiger partial charge in [0.2, 0.25) is 0 Å². The van der Waals surface area contributed by atoms with Gasteiger partial charge in [0.15, 0.2) is 0 Å². The molecule has 0 N–H and O–H groups in total. The van der Waals surface area contributed by atoms with Gasteiger partial charge >= 0.3 is 0 Å². The molecule has 0 aromatic heterocycles. The number of ether oxygens (including phenoxy) is 1. The minimum Gasteiger partial charge on any atom is -0.382 e. The van der Waals surface area contributed by atoms with Gasteiger partial charge in [-0.15, -0.1) is 12.3 Å². The predicted molar refractivity (Wildman–Crippen MR) is 121 cm³/mol. The van der Waals surface area contributed by atoms with Crippen molar-refractivity contribution in [2.75, 3.05) is 20.3 Å². The van der Waals surface area contributed by atoms with Crippen LogP contribution in [0.1, 0.15) is 26.2 Å². The van der Waals surface area contributed by atoms with E-state index in [4.69, 9.17) is 16.3 Å². The average Bonchev–Trinajstić information content (AvgIpc) is 3.16. The summed E-state index contributed by atoms with van der Waals surface area (Å²) in [6, 6.07) is 21.8. The summed E-state index contributed by atoms with van der Waals surface area (Å²) in [7, 11) is 1.13. The van der Waals surface area contributed by atoms with Crippen LogP contribution in [0, 0.1) is 12.3 Å². The Balaban J connectivity index is 1.97. The molecule has 0 amide bonds. The number of benzene rings is 2. The molecule has 1 saturated heterocycles. The first kappa shape index (κ1) is 20.6. The SMILES string of the molecule is C#CCC(/C(C)=N/N1CCC[C@H]1COC)P(c1ccccc1)c1ccccc1. The fourth-order valence-electron chi connectivity index (χ4n) is 3.81. The topological polar surface area (TPSA) is 24.8 Å². The van der Waals surface area contributed by atoms with Gasteiger partial charge in [0, 0.05) is 31.4 Å². The van der Waals surface area contributed by atoms with Crippen molar-refractivity contribution in [2.24, 2.45) is 5.10 Å². The normalized spacial score (nSPS) is 18.3. The molecule has 0 radical (unpaired) electrons. The molecule has 28 heavy (non-hydrogen) atoms. The van der Waals surface area contributed by atoms with Crippen LogP contribution in [0.2, 0.25) is 0 Å². The zero-order valence-electron chi connectivity index (χ0n) is 16.8. The van der Waals surface area contributed by atoms with Crippen molar-refractivity contribution in [3.63, 3.8) is 0 Å². The van der Waals surface area contributed by atoms with Gasteiger partial charge in [-0.05, 0) is 38.3 Å². The molecule has 0 bridgehead atoms. The van der Waals surface area contributed by atoms with Crippen LogP contribution in [0.4, 0.5) is 0 Å². The van der Waals surface area contributed by atoms with E-state index in [1.54, 1.807) is 7.11 Å². The van der Waals surface area contributed by atoms with Crippen molar-refractivity contribution in [1.29, 1.82) is 0 Å². The monoisotopic (exact) mass is 392 g/mol. The molecule has 2 aromatic rings. The van der Waals surface area contributed by atoms with Crippen LogP contribution in [0.5, 0.6) is 0 Å². The first-order valence-corrected chi connectivity index (χ1v) is 11.3. The Morgan fingerprint density at radius 2 is 1.79 bits per heavy atom. The molecule has 0 aliphatic carbocycles. The van der Waals surface area contributed by atoms with E-state index in [-0.39, 0.29) is 5.66 Å². The van der Waals surface area contributed by atoms with E-state index < -0.39 is 7.92 Å². The van der Waals surface area contributed by atoms with Crippen molar-refractivity contribution >= 4 is 24.2 Å². The predicted octanol–water partition coefficient (Wildman–Crippen LogP) is 4.00. The Morgan fingerprint density at radius 1 is 1.18 bits per heavy atom. The maximum absolute atomic E-state index is 5.82. The lowest BCUT2D eigenvalue weighted by molar-refractivity contribution is 0.118. The van der Waals surface area contributed by atoms with Crippen molar-refractivity contribution in [1.82, 2.24) is 5.01 Å². The molecule has 0 spiro atoms. The molecule has 0 saturated carbocycles. The highest BCUT2D eigenvalue weighted by Gasteiger charge is 2.29. The minimum absolute atomic E-state index is 0.216. The molecule has 4 heteroatoms. The highest BCUT2D eigenvalue weighted by Crippen LogP contribution is 2.42. The van der Waals surface area contributed by atoms with E-state index in [1.165, 1.54) is 10.6 Å². The van der Waals surface area contributed by atoms with Crippen molar-refractivity contribution in [3.05, 3.63) is 60.7 Å². The van der Waals surface area contributed by atoms with Crippen LogP contribution in [-0.2, 0) is 4.74 Å². The second-order valence-corrected chi connectivity index (χ2v) is 9.52. The van der Waals surface area contributed by atoms with Gasteiger partial charge in [-0.25, -0.2) is 0 Å². The lowest BCUT2D eigenvalue weighted by atomic mass is 10.2. The second kappa shape index (κ2) is 10.4. The highest BCUT2D eigenvalue weighted by molar-refractivity contribution is 7.74. The number of methoxy groups -OCH3 is 1. The number of nitrogens with zero attached hydrogens (tertiary/aromatic N) is 2. The lowest BCUT2D eigenvalue weighted by Crippen LogP contribution is -2.33. The van der Waals surface area contributed by atoms with Gasteiger partial charge in [-0.2, -0.15) is 5.10 Å². The summed E-state index contributed by atoms with van der Waals surface area (Å²) in [5, 5.41) is 9.95. The largest absolute Gasteiger partial charge is 0.382 e.